The highest BCUT2D eigenvalue weighted by Gasteiger charge is 2.48. The number of pyridine rings is 1. The first kappa shape index (κ1) is 21.8. The van der Waals surface area contributed by atoms with Gasteiger partial charge in [0.15, 0.2) is 5.78 Å². The molecule has 3 unspecified atom stereocenters. The molecule has 1 N–H and O–H groups in total. The molecule has 3 atom stereocenters. The maximum atomic E-state index is 13.4. The predicted octanol–water partition coefficient (Wildman–Crippen LogP) is 1.59. The highest BCUT2D eigenvalue weighted by atomic mass is 19.3. The lowest BCUT2D eigenvalue weighted by molar-refractivity contribution is -0.138. The topological polar surface area (TPSA) is 97.8 Å². The van der Waals surface area contributed by atoms with Crippen LogP contribution in [0.3, 0.4) is 0 Å². The molecule has 2 amide bonds. The Hall–Kier alpha value is -3.40. The number of nitrogens with zero attached hydrogens (tertiary/aromatic N) is 2. The van der Waals surface area contributed by atoms with Gasteiger partial charge in [-0.2, -0.15) is 8.78 Å². The van der Waals surface area contributed by atoms with Crippen LogP contribution in [0.15, 0.2) is 48.8 Å². The average Bonchev–Trinajstić information content (AvgIpc) is 3.36. The van der Waals surface area contributed by atoms with Crippen molar-refractivity contribution in [2.75, 3.05) is 13.2 Å². The number of nitrogens with one attached hydrogen (secondary N) is 1. The van der Waals surface area contributed by atoms with Gasteiger partial charge in [0.05, 0.1) is 6.10 Å². The van der Waals surface area contributed by atoms with Crippen LogP contribution in [0.5, 0.6) is 5.75 Å². The van der Waals surface area contributed by atoms with Crippen molar-refractivity contribution in [3.8, 4) is 5.75 Å². The Morgan fingerprint density at radius 2 is 2.03 bits per heavy atom. The van der Waals surface area contributed by atoms with E-state index in [9.17, 15) is 23.2 Å². The first-order valence-electron chi connectivity index (χ1n) is 10.1. The number of carbonyl (C=O) groups excluding carboxylic acids is 3. The van der Waals surface area contributed by atoms with Gasteiger partial charge in [0.25, 0.3) is 5.91 Å². The van der Waals surface area contributed by atoms with Crippen molar-refractivity contribution in [1.29, 1.82) is 0 Å². The molecule has 8 nitrogen and oxygen atoms in total. The van der Waals surface area contributed by atoms with Crippen molar-refractivity contribution in [3.63, 3.8) is 0 Å². The van der Waals surface area contributed by atoms with Gasteiger partial charge in [-0.05, 0) is 42.3 Å². The normalized spacial score (nSPS) is 20.8. The Balaban J connectivity index is 1.52. The summed E-state index contributed by atoms with van der Waals surface area (Å²) in [6.07, 6.45) is 3.61. The van der Waals surface area contributed by atoms with Crippen LogP contribution in [-0.4, -0.2) is 65.4 Å². The molecule has 168 valence electrons. The van der Waals surface area contributed by atoms with Crippen molar-refractivity contribution >= 4 is 17.6 Å². The number of rotatable bonds is 7. The van der Waals surface area contributed by atoms with Gasteiger partial charge in [-0.1, -0.05) is 6.07 Å². The fraction of sp³-hybridized carbons (Fsp3) is 0.364. The summed E-state index contributed by atoms with van der Waals surface area (Å²) < 4.78 is 34.4. The SMILES string of the molecule is O=C(NC(Cc1cccnc1)C(=O)N1CCC2OCC(=O)C21)c1ccc(OC(F)F)cc1. The minimum atomic E-state index is -2.97. The molecule has 32 heavy (non-hydrogen) atoms. The molecule has 4 rings (SSSR count). The number of aromatic nitrogens is 1. The summed E-state index contributed by atoms with van der Waals surface area (Å²) in [5.74, 6) is -1.17. The van der Waals surface area contributed by atoms with E-state index in [0.717, 1.165) is 5.56 Å². The molecule has 2 aliphatic rings. The highest BCUT2D eigenvalue weighted by molar-refractivity contribution is 5.99. The molecule has 2 fully saturated rings. The molecular weight excluding hydrogens is 424 g/mol. The number of halogens is 2. The minimum absolute atomic E-state index is 0.0220. The Labute approximate surface area is 182 Å². The third kappa shape index (κ3) is 4.75. The Bertz CT molecular complexity index is 987. The number of amides is 2. The van der Waals surface area contributed by atoms with E-state index < -0.39 is 24.6 Å². The molecule has 10 heteroatoms. The van der Waals surface area contributed by atoms with E-state index in [1.165, 1.54) is 29.2 Å². The van der Waals surface area contributed by atoms with Gasteiger partial charge in [0, 0.05) is 30.9 Å². The molecular formula is C22H21F2N3O5. The number of Topliss-reactive ketones (excluding diaryl/α,β-unsaturated/α-hetero) is 1. The summed E-state index contributed by atoms with van der Waals surface area (Å²) in [7, 11) is 0. The number of hydrogen-bond acceptors (Lipinski definition) is 6. The smallest absolute Gasteiger partial charge is 0.387 e. The van der Waals surface area contributed by atoms with E-state index in [4.69, 9.17) is 4.74 Å². The Morgan fingerprint density at radius 1 is 1.25 bits per heavy atom. The van der Waals surface area contributed by atoms with Crippen LogP contribution < -0.4 is 10.1 Å². The molecule has 0 radical (unpaired) electrons. The number of alkyl halides is 2. The minimum Gasteiger partial charge on any atom is -0.435 e. The van der Waals surface area contributed by atoms with Crippen LogP contribution in [0.1, 0.15) is 22.3 Å². The number of ketones is 1. The largest absolute Gasteiger partial charge is 0.435 e. The monoisotopic (exact) mass is 445 g/mol. The molecule has 0 spiro atoms. The number of likely N-dealkylation sites (tertiary alicyclic amines) is 1. The number of fused-ring (bicyclic) bond motifs is 1. The second-order valence-electron chi connectivity index (χ2n) is 7.58. The lowest BCUT2D eigenvalue weighted by atomic mass is 10.0. The van der Waals surface area contributed by atoms with Crippen LogP contribution in [0.4, 0.5) is 8.78 Å². The number of ether oxygens (including phenoxy) is 2. The lowest BCUT2D eigenvalue weighted by Crippen LogP contribution is -2.53. The highest BCUT2D eigenvalue weighted by Crippen LogP contribution is 2.28. The van der Waals surface area contributed by atoms with Gasteiger partial charge in [-0.15, -0.1) is 0 Å². The average molecular weight is 445 g/mol. The van der Waals surface area contributed by atoms with E-state index in [1.807, 2.05) is 0 Å². The second kappa shape index (κ2) is 9.39. The zero-order chi connectivity index (χ0) is 22.7. The van der Waals surface area contributed by atoms with E-state index in [-0.39, 0.29) is 42.1 Å². The molecule has 0 aliphatic carbocycles. The first-order chi connectivity index (χ1) is 15.4. The van der Waals surface area contributed by atoms with Gasteiger partial charge in [0.2, 0.25) is 5.91 Å². The molecule has 2 saturated heterocycles. The number of carbonyl (C=O) groups is 3. The van der Waals surface area contributed by atoms with Crippen molar-refractivity contribution in [2.24, 2.45) is 0 Å². The molecule has 2 aliphatic heterocycles. The maximum Gasteiger partial charge on any atom is 0.387 e. The van der Waals surface area contributed by atoms with Crippen LogP contribution in [0, 0.1) is 0 Å². The Kier molecular flexibility index (Phi) is 6.40. The van der Waals surface area contributed by atoms with E-state index >= 15 is 0 Å². The van der Waals surface area contributed by atoms with Crippen molar-refractivity contribution < 1.29 is 32.6 Å². The van der Waals surface area contributed by atoms with Gasteiger partial charge in [-0.25, -0.2) is 0 Å². The predicted molar refractivity (Wildman–Crippen MR) is 107 cm³/mol. The summed E-state index contributed by atoms with van der Waals surface area (Å²) in [6, 6.07) is 7.08. The van der Waals surface area contributed by atoms with Gasteiger partial charge >= 0.3 is 6.61 Å². The summed E-state index contributed by atoms with van der Waals surface area (Å²) in [6.45, 7) is -2.63. The molecule has 2 aromatic rings. The van der Waals surface area contributed by atoms with Crippen LogP contribution in [0.25, 0.3) is 0 Å². The van der Waals surface area contributed by atoms with Gasteiger partial charge < -0.3 is 19.7 Å². The third-order valence-corrected chi connectivity index (χ3v) is 5.50. The summed E-state index contributed by atoms with van der Waals surface area (Å²) in [5.41, 5.74) is 0.909. The zero-order valence-corrected chi connectivity index (χ0v) is 16.9. The van der Waals surface area contributed by atoms with E-state index in [2.05, 4.69) is 15.0 Å². The number of hydrogen-bond donors (Lipinski definition) is 1. The summed E-state index contributed by atoms with van der Waals surface area (Å²) in [5, 5.41) is 2.71. The summed E-state index contributed by atoms with van der Waals surface area (Å²) in [4.78, 5) is 43.9. The molecule has 1 aromatic heterocycles. The quantitative estimate of drug-likeness (QED) is 0.695. The van der Waals surface area contributed by atoms with Gasteiger partial charge in [0.1, 0.15) is 24.4 Å². The maximum absolute atomic E-state index is 13.4. The molecule has 3 heterocycles. The third-order valence-electron chi connectivity index (χ3n) is 5.50. The molecule has 1 aromatic carbocycles. The van der Waals surface area contributed by atoms with E-state index in [0.29, 0.717) is 13.0 Å². The molecule has 0 bridgehead atoms. The summed E-state index contributed by atoms with van der Waals surface area (Å²) >= 11 is 0. The standard InChI is InChI=1S/C22H21F2N3O5/c23-22(24)32-15-5-3-14(4-6-15)20(29)26-16(10-13-2-1-8-25-11-13)21(30)27-9-7-18-19(27)17(28)12-31-18/h1-6,8,11,16,18-19,22H,7,9-10,12H2,(H,26,29). The molecule has 0 saturated carbocycles. The zero-order valence-electron chi connectivity index (χ0n) is 16.9. The fourth-order valence-electron chi connectivity index (χ4n) is 4.03. The van der Waals surface area contributed by atoms with Crippen molar-refractivity contribution in [2.45, 2.75) is 37.6 Å². The van der Waals surface area contributed by atoms with Gasteiger partial charge in [-0.3, -0.25) is 19.4 Å². The second-order valence-corrected chi connectivity index (χ2v) is 7.58. The van der Waals surface area contributed by atoms with Crippen LogP contribution in [-0.2, 0) is 20.7 Å². The van der Waals surface area contributed by atoms with Crippen molar-refractivity contribution in [3.05, 3.63) is 59.9 Å². The Morgan fingerprint density at radius 3 is 2.72 bits per heavy atom. The van der Waals surface area contributed by atoms with Crippen LogP contribution >= 0.6 is 0 Å². The van der Waals surface area contributed by atoms with Crippen LogP contribution in [0.2, 0.25) is 0 Å². The number of benzene rings is 1. The first-order valence-corrected chi connectivity index (χ1v) is 10.1. The lowest BCUT2D eigenvalue weighted by Gasteiger charge is -2.27. The van der Waals surface area contributed by atoms with Crippen molar-refractivity contribution in [1.82, 2.24) is 15.2 Å². The van der Waals surface area contributed by atoms with E-state index in [1.54, 1.807) is 24.5 Å². The fourth-order valence-corrected chi connectivity index (χ4v) is 4.03.